The Bertz CT molecular complexity index is 382. The molecule has 0 saturated carbocycles. The fourth-order valence-corrected chi connectivity index (χ4v) is 1.10. The number of phenolic OH excluding ortho intramolecular Hbond substituents is 1. The molecule has 3 N–H and O–H groups in total. The van der Waals surface area contributed by atoms with E-state index in [-0.39, 0.29) is 12.4 Å². The third kappa shape index (κ3) is 3.19. The third-order valence-corrected chi connectivity index (χ3v) is 2.00. The quantitative estimate of drug-likeness (QED) is 0.816. The van der Waals surface area contributed by atoms with Gasteiger partial charge in [0.05, 0.1) is 0 Å². The van der Waals surface area contributed by atoms with Crippen LogP contribution < -0.4 is 5.73 Å². The van der Waals surface area contributed by atoms with Gasteiger partial charge in [-0.05, 0) is 17.7 Å². The first-order chi connectivity index (χ1) is 7.16. The van der Waals surface area contributed by atoms with Gasteiger partial charge in [-0.25, -0.2) is 0 Å². The van der Waals surface area contributed by atoms with Crippen LogP contribution in [0.3, 0.4) is 0 Å². The van der Waals surface area contributed by atoms with Crippen molar-refractivity contribution < 1.29 is 27.1 Å². The standard InChI is InChI=1S/C9H8F5NO.ClH/c10-8(11,9(12,13)14)7(15)5-2-1-3-6(16)4-5;/h1-4,7,16H,15H2;1H/t7-;/m1./s1. The van der Waals surface area contributed by atoms with E-state index in [0.717, 1.165) is 24.3 Å². The van der Waals surface area contributed by atoms with Crippen LogP contribution in [0.4, 0.5) is 22.0 Å². The minimum Gasteiger partial charge on any atom is -0.508 e. The Morgan fingerprint density at radius 2 is 1.65 bits per heavy atom. The van der Waals surface area contributed by atoms with Crippen LogP contribution in [0.25, 0.3) is 0 Å². The van der Waals surface area contributed by atoms with Gasteiger partial charge in [0.2, 0.25) is 0 Å². The number of aromatic hydroxyl groups is 1. The molecule has 1 aromatic rings. The maximum atomic E-state index is 12.8. The van der Waals surface area contributed by atoms with E-state index in [4.69, 9.17) is 10.8 Å². The van der Waals surface area contributed by atoms with Crippen molar-refractivity contribution in [2.45, 2.75) is 18.1 Å². The highest BCUT2D eigenvalue weighted by Crippen LogP contribution is 2.43. The number of halogens is 6. The molecule has 0 radical (unpaired) electrons. The predicted molar refractivity (Wildman–Crippen MR) is 53.3 cm³/mol. The molecular formula is C9H9ClF5NO. The Balaban J connectivity index is 0.00000256. The molecule has 0 fully saturated rings. The molecule has 8 heteroatoms. The van der Waals surface area contributed by atoms with Crippen LogP contribution in [0.2, 0.25) is 0 Å². The molecule has 98 valence electrons. The van der Waals surface area contributed by atoms with Crippen molar-refractivity contribution >= 4 is 12.4 Å². The van der Waals surface area contributed by atoms with E-state index in [1.165, 1.54) is 0 Å². The van der Waals surface area contributed by atoms with E-state index < -0.39 is 29.5 Å². The monoisotopic (exact) mass is 277 g/mol. The summed E-state index contributed by atoms with van der Waals surface area (Å²) in [6.45, 7) is 0. The number of phenols is 1. The maximum absolute atomic E-state index is 12.8. The summed E-state index contributed by atoms with van der Waals surface area (Å²) in [5.74, 6) is -5.47. The molecule has 0 bridgehead atoms. The molecule has 17 heavy (non-hydrogen) atoms. The number of rotatable bonds is 2. The van der Waals surface area contributed by atoms with Gasteiger partial charge in [-0.15, -0.1) is 12.4 Å². The van der Waals surface area contributed by atoms with Gasteiger partial charge in [-0.2, -0.15) is 22.0 Å². The van der Waals surface area contributed by atoms with E-state index in [1.54, 1.807) is 0 Å². The van der Waals surface area contributed by atoms with E-state index in [1.807, 2.05) is 0 Å². The molecule has 0 aliphatic carbocycles. The second-order valence-corrected chi connectivity index (χ2v) is 3.19. The largest absolute Gasteiger partial charge is 0.508 e. The molecule has 1 aromatic carbocycles. The zero-order valence-corrected chi connectivity index (χ0v) is 9.03. The van der Waals surface area contributed by atoms with Crippen LogP contribution in [-0.2, 0) is 0 Å². The minimum absolute atomic E-state index is 0. The summed E-state index contributed by atoms with van der Waals surface area (Å²) >= 11 is 0. The average Bonchev–Trinajstić information content (AvgIpc) is 2.14. The van der Waals surface area contributed by atoms with Gasteiger partial charge in [0, 0.05) is 0 Å². The molecule has 0 aromatic heterocycles. The van der Waals surface area contributed by atoms with Crippen LogP contribution >= 0.6 is 12.4 Å². The van der Waals surface area contributed by atoms with Gasteiger partial charge in [-0.1, -0.05) is 12.1 Å². The van der Waals surface area contributed by atoms with Crippen molar-refractivity contribution in [3.63, 3.8) is 0 Å². The SMILES string of the molecule is Cl.N[C@H](c1cccc(O)c1)C(F)(F)C(F)(F)F. The first-order valence-corrected chi connectivity index (χ1v) is 4.15. The maximum Gasteiger partial charge on any atom is 0.455 e. The van der Waals surface area contributed by atoms with Crippen molar-refractivity contribution in [1.29, 1.82) is 0 Å². The summed E-state index contributed by atoms with van der Waals surface area (Å²) in [5, 5.41) is 8.95. The zero-order valence-electron chi connectivity index (χ0n) is 8.21. The van der Waals surface area contributed by atoms with E-state index in [9.17, 15) is 22.0 Å². The fourth-order valence-electron chi connectivity index (χ4n) is 1.10. The van der Waals surface area contributed by atoms with E-state index in [2.05, 4.69) is 0 Å². The van der Waals surface area contributed by atoms with Gasteiger partial charge >= 0.3 is 12.1 Å². The molecule has 1 rings (SSSR count). The van der Waals surface area contributed by atoms with Gasteiger partial charge in [0.25, 0.3) is 0 Å². The molecule has 0 saturated heterocycles. The summed E-state index contributed by atoms with van der Waals surface area (Å²) in [6, 6.07) is 1.49. The Hall–Kier alpha value is -1.08. The molecule has 1 atom stereocenters. The molecule has 2 nitrogen and oxygen atoms in total. The fraction of sp³-hybridized carbons (Fsp3) is 0.333. The predicted octanol–water partition coefficient (Wildman–Crippen LogP) is 3.01. The van der Waals surface area contributed by atoms with Gasteiger partial charge < -0.3 is 10.8 Å². The van der Waals surface area contributed by atoms with Crippen LogP contribution in [0.1, 0.15) is 11.6 Å². The summed E-state index contributed by atoms with van der Waals surface area (Å²) in [4.78, 5) is 0. The van der Waals surface area contributed by atoms with E-state index >= 15 is 0 Å². The Morgan fingerprint density at radius 3 is 2.06 bits per heavy atom. The van der Waals surface area contributed by atoms with Crippen LogP contribution in [0.5, 0.6) is 5.75 Å². The number of nitrogens with two attached hydrogens (primary N) is 1. The Labute approximate surface area is 99.6 Å². The van der Waals surface area contributed by atoms with Gasteiger partial charge in [-0.3, -0.25) is 0 Å². The van der Waals surface area contributed by atoms with Gasteiger partial charge in [0.1, 0.15) is 11.8 Å². The number of alkyl halides is 5. The van der Waals surface area contributed by atoms with Crippen molar-refractivity contribution in [1.82, 2.24) is 0 Å². The Kier molecular flexibility index (Phi) is 4.73. The lowest BCUT2D eigenvalue weighted by Gasteiger charge is -2.25. The van der Waals surface area contributed by atoms with Crippen molar-refractivity contribution in [2.24, 2.45) is 5.73 Å². The highest BCUT2D eigenvalue weighted by atomic mass is 35.5. The second kappa shape index (κ2) is 5.05. The van der Waals surface area contributed by atoms with Crippen molar-refractivity contribution in [3.05, 3.63) is 29.8 Å². The zero-order chi connectivity index (χ0) is 12.6. The first kappa shape index (κ1) is 15.9. The lowest BCUT2D eigenvalue weighted by Crippen LogP contribution is -2.45. The lowest BCUT2D eigenvalue weighted by atomic mass is 10.0. The summed E-state index contributed by atoms with van der Waals surface area (Å²) in [7, 11) is 0. The molecule has 0 aliphatic heterocycles. The third-order valence-electron chi connectivity index (χ3n) is 2.00. The average molecular weight is 278 g/mol. The van der Waals surface area contributed by atoms with Crippen LogP contribution in [0, 0.1) is 0 Å². The molecule has 0 unspecified atom stereocenters. The summed E-state index contributed by atoms with van der Waals surface area (Å²) in [6.07, 6.45) is -5.72. The molecule has 0 amide bonds. The molecule has 0 heterocycles. The summed E-state index contributed by atoms with van der Waals surface area (Å²) < 4.78 is 61.6. The van der Waals surface area contributed by atoms with Crippen LogP contribution in [-0.4, -0.2) is 17.2 Å². The molecule has 0 spiro atoms. The highest BCUT2D eigenvalue weighted by Gasteiger charge is 2.61. The summed E-state index contributed by atoms with van der Waals surface area (Å²) in [5.41, 5.74) is 4.36. The smallest absolute Gasteiger partial charge is 0.455 e. The molecule has 0 aliphatic rings. The molecular weight excluding hydrogens is 269 g/mol. The minimum atomic E-state index is -5.72. The normalized spacial score (nSPS) is 14.0. The first-order valence-electron chi connectivity index (χ1n) is 4.15. The second-order valence-electron chi connectivity index (χ2n) is 3.19. The van der Waals surface area contributed by atoms with Crippen LogP contribution in [0.15, 0.2) is 24.3 Å². The van der Waals surface area contributed by atoms with E-state index in [0.29, 0.717) is 0 Å². The number of hydrogen-bond acceptors (Lipinski definition) is 2. The Morgan fingerprint density at radius 1 is 1.12 bits per heavy atom. The van der Waals surface area contributed by atoms with Gasteiger partial charge in [0.15, 0.2) is 0 Å². The van der Waals surface area contributed by atoms with Crippen molar-refractivity contribution in [3.8, 4) is 5.75 Å². The topological polar surface area (TPSA) is 46.2 Å². The number of hydrogen-bond donors (Lipinski definition) is 2. The lowest BCUT2D eigenvalue weighted by molar-refractivity contribution is -0.291. The highest BCUT2D eigenvalue weighted by molar-refractivity contribution is 5.85. The number of benzene rings is 1. The van der Waals surface area contributed by atoms with Crippen molar-refractivity contribution in [2.75, 3.05) is 0 Å².